The van der Waals surface area contributed by atoms with Crippen LogP contribution in [0.2, 0.25) is 0 Å². The molecule has 1 aromatic rings. The predicted molar refractivity (Wildman–Crippen MR) is 68.4 cm³/mol. The van der Waals surface area contributed by atoms with Crippen LogP contribution in [0.3, 0.4) is 0 Å². The highest BCUT2D eigenvalue weighted by Crippen LogP contribution is 2.31. The summed E-state index contributed by atoms with van der Waals surface area (Å²) in [4.78, 5) is 31.4. The third-order valence-electron chi connectivity index (χ3n) is 1.94. The minimum absolute atomic E-state index is 0.0758. The molecule has 0 atom stereocenters. The fraction of sp³-hybridized carbons (Fsp3) is 0.222. The standard InChI is InChI=1S/C9H7IN2O6/c1-2-18-9(13)5-3-6(11(14)15)8(10)7(4-5)12(16)17/h3-4H,2H2,1H3. The Hall–Kier alpha value is -1.78. The van der Waals surface area contributed by atoms with Crippen molar-refractivity contribution in [2.24, 2.45) is 0 Å². The number of ether oxygens (including phenoxy) is 1. The van der Waals surface area contributed by atoms with Gasteiger partial charge in [0.15, 0.2) is 3.57 Å². The van der Waals surface area contributed by atoms with Crippen molar-refractivity contribution in [3.8, 4) is 0 Å². The van der Waals surface area contributed by atoms with E-state index < -0.39 is 27.2 Å². The molecule has 9 heteroatoms. The number of rotatable bonds is 4. The van der Waals surface area contributed by atoms with Crippen molar-refractivity contribution < 1.29 is 19.4 Å². The zero-order valence-corrected chi connectivity index (χ0v) is 11.2. The fourth-order valence-electron chi connectivity index (χ4n) is 1.19. The maximum absolute atomic E-state index is 11.4. The Morgan fingerprint density at radius 3 is 2.06 bits per heavy atom. The Morgan fingerprint density at radius 1 is 1.28 bits per heavy atom. The summed E-state index contributed by atoms with van der Waals surface area (Å²) in [7, 11) is 0. The topological polar surface area (TPSA) is 113 Å². The van der Waals surface area contributed by atoms with E-state index in [0.717, 1.165) is 12.1 Å². The summed E-state index contributed by atoms with van der Waals surface area (Å²) in [5.74, 6) is -0.833. The van der Waals surface area contributed by atoms with E-state index in [9.17, 15) is 25.0 Å². The average molecular weight is 366 g/mol. The average Bonchev–Trinajstić information content (AvgIpc) is 2.28. The molecule has 0 aliphatic heterocycles. The number of nitrogens with zero attached hydrogens (tertiary/aromatic N) is 2. The number of nitro benzene ring substituents is 2. The van der Waals surface area contributed by atoms with Gasteiger partial charge in [-0.15, -0.1) is 0 Å². The maximum Gasteiger partial charge on any atom is 0.338 e. The molecule has 0 bridgehead atoms. The van der Waals surface area contributed by atoms with Crippen LogP contribution in [0.1, 0.15) is 17.3 Å². The first-order valence-electron chi connectivity index (χ1n) is 4.68. The lowest BCUT2D eigenvalue weighted by Crippen LogP contribution is -2.07. The summed E-state index contributed by atoms with van der Waals surface area (Å²) < 4.78 is 4.52. The largest absolute Gasteiger partial charge is 0.462 e. The first-order valence-corrected chi connectivity index (χ1v) is 5.75. The van der Waals surface area contributed by atoms with Crippen LogP contribution in [-0.2, 0) is 4.74 Å². The Labute approximate surface area is 114 Å². The molecule has 0 heterocycles. The molecule has 0 fully saturated rings. The van der Waals surface area contributed by atoms with Crippen LogP contribution < -0.4 is 0 Å². The molecule has 96 valence electrons. The van der Waals surface area contributed by atoms with E-state index in [-0.39, 0.29) is 15.7 Å². The molecule has 8 nitrogen and oxygen atoms in total. The Balaban J connectivity index is 3.43. The Bertz CT molecular complexity index is 495. The van der Waals surface area contributed by atoms with Gasteiger partial charge >= 0.3 is 5.97 Å². The van der Waals surface area contributed by atoms with Gasteiger partial charge in [0.2, 0.25) is 0 Å². The zero-order chi connectivity index (χ0) is 13.9. The summed E-state index contributed by atoms with van der Waals surface area (Å²) in [5.41, 5.74) is -1.20. The molecule has 0 aliphatic carbocycles. The molecule has 0 saturated heterocycles. The second-order valence-corrected chi connectivity index (χ2v) is 4.14. The number of carbonyl (C=O) groups excluding carboxylic acids is 1. The van der Waals surface area contributed by atoms with Crippen molar-refractivity contribution in [1.29, 1.82) is 0 Å². The number of hydrogen-bond acceptors (Lipinski definition) is 6. The molecule has 0 saturated carbocycles. The molecule has 0 aromatic heterocycles. The lowest BCUT2D eigenvalue weighted by Gasteiger charge is -2.03. The quantitative estimate of drug-likeness (QED) is 0.350. The molecule has 0 radical (unpaired) electrons. The van der Waals surface area contributed by atoms with Gasteiger partial charge in [-0.2, -0.15) is 0 Å². The van der Waals surface area contributed by atoms with Crippen LogP contribution in [-0.4, -0.2) is 22.4 Å². The maximum atomic E-state index is 11.4. The van der Waals surface area contributed by atoms with Crippen LogP contribution >= 0.6 is 22.6 Å². The minimum atomic E-state index is -0.833. The van der Waals surface area contributed by atoms with Crippen molar-refractivity contribution in [3.05, 3.63) is 41.5 Å². The van der Waals surface area contributed by atoms with E-state index in [4.69, 9.17) is 0 Å². The molecule has 1 rings (SSSR count). The smallest absolute Gasteiger partial charge is 0.338 e. The highest BCUT2D eigenvalue weighted by Gasteiger charge is 2.26. The lowest BCUT2D eigenvalue weighted by atomic mass is 10.2. The van der Waals surface area contributed by atoms with Gasteiger partial charge < -0.3 is 4.74 Å². The summed E-state index contributed by atoms with van der Waals surface area (Å²) >= 11 is 1.50. The number of nitro groups is 2. The number of carbonyl (C=O) groups is 1. The van der Waals surface area contributed by atoms with Crippen molar-refractivity contribution in [2.45, 2.75) is 6.92 Å². The molecule has 18 heavy (non-hydrogen) atoms. The van der Waals surface area contributed by atoms with Gasteiger partial charge in [0.05, 0.1) is 22.0 Å². The van der Waals surface area contributed by atoms with E-state index in [1.165, 1.54) is 22.6 Å². The van der Waals surface area contributed by atoms with Crippen molar-refractivity contribution in [3.63, 3.8) is 0 Å². The van der Waals surface area contributed by atoms with E-state index in [1.807, 2.05) is 0 Å². The molecular formula is C9H7IN2O6. The van der Waals surface area contributed by atoms with Crippen molar-refractivity contribution >= 4 is 39.9 Å². The second kappa shape index (κ2) is 5.71. The Kier molecular flexibility index (Phi) is 4.53. The molecule has 0 amide bonds. The first-order chi connectivity index (χ1) is 8.38. The lowest BCUT2D eigenvalue weighted by molar-refractivity contribution is -0.396. The third-order valence-corrected chi connectivity index (χ3v) is 3.04. The number of halogens is 1. The van der Waals surface area contributed by atoms with E-state index in [2.05, 4.69) is 4.74 Å². The van der Waals surface area contributed by atoms with Crippen molar-refractivity contribution in [2.75, 3.05) is 6.61 Å². The van der Waals surface area contributed by atoms with Gasteiger partial charge in [-0.05, 0) is 29.5 Å². The third kappa shape index (κ3) is 2.91. The Morgan fingerprint density at radius 2 is 1.72 bits per heavy atom. The van der Waals surface area contributed by atoms with Crippen LogP contribution in [0.5, 0.6) is 0 Å². The summed E-state index contributed by atoms with van der Waals surface area (Å²) in [5, 5.41) is 21.5. The van der Waals surface area contributed by atoms with Crippen LogP contribution in [0.25, 0.3) is 0 Å². The summed E-state index contributed by atoms with van der Waals surface area (Å²) in [6.45, 7) is 1.64. The van der Waals surface area contributed by atoms with Crippen molar-refractivity contribution in [1.82, 2.24) is 0 Å². The predicted octanol–water partition coefficient (Wildman–Crippen LogP) is 2.28. The van der Waals surface area contributed by atoms with Gasteiger partial charge in [-0.3, -0.25) is 20.2 Å². The van der Waals surface area contributed by atoms with Gasteiger partial charge in [-0.25, -0.2) is 4.79 Å². The molecule has 0 spiro atoms. The van der Waals surface area contributed by atoms with E-state index >= 15 is 0 Å². The highest BCUT2D eigenvalue weighted by atomic mass is 127. The number of esters is 1. The summed E-state index contributed by atoms with van der Waals surface area (Å²) in [6.07, 6.45) is 0. The van der Waals surface area contributed by atoms with E-state index in [1.54, 1.807) is 6.92 Å². The highest BCUT2D eigenvalue weighted by molar-refractivity contribution is 14.1. The zero-order valence-electron chi connectivity index (χ0n) is 9.08. The van der Waals surface area contributed by atoms with Crippen LogP contribution in [0.4, 0.5) is 11.4 Å². The van der Waals surface area contributed by atoms with Gasteiger partial charge in [0, 0.05) is 12.1 Å². The minimum Gasteiger partial charge on any atom is -0.462 e. The molecule has 0 unspecified atom stereocenters. The second-order valence-electron chi connectivity index (χ2n) is 3.06. The first kappa shape index (κ1) is 14.3. The molecular weight excluding hydrogens is 359 g/mol. The van der Waals surface area contributed by atoms with Crippen LogP contribution in [0, 0.1) is 23.8 Å². The fourth-order valence-corrected chi connectivity index (χ4v) is 1.90. The number of hydrogen-bond donors (Lipinski definition) is 0. The van der Waals surface area contributed by atoms with Crippen LogP contribution in [0.15, 0.2) is 12.1 Å². The SMILES string of the molecule is CCOC(=O)c1cc([N+](=O)[O-])c(I)c([N+](=O)[O-])c1. The molecule has 1 aromatic carbocycles. The number of benzene rings is 1. The molecule has 0 N–H and O–H groups in total. The van der Waals surface area contributed by atoms with Gasteiger partial charge in [0.25, 0.3) is 11.4 Å². The monoisotopic (exact) mass is 366 g/mol. The molecule has 0 aliphatic rings. The van der Waals surface area contributed by atoms with E-state index in [0.29, 0.717) is 0 Å². The summed E-state index contributed by atoms with van der Waals surface area (Å²) in [6, 6.07) is 1.93. The van der Waals surface area contributed by atoms with Gasteiger partial charge in [0.1, 0.15) is 0 Å². The normalized spacial score (nSPS) is 9.89. The van der Waals surface area contributed by atoms with Gasteiger partial charge in [-0.1, -0.05) is 0 Å².